The molecule has 0 aliphatic rings. The van der Waals surface area contributed by atoms with Gasteiger partial charge < -0.3 is 10.3 Å². The molecular weight excluding hydrogens is 321 g/mol. The molecule has 1 heterocycles. The maximum Gasteiger partial charge on any atom is 0.138 e. The van der Waals surface area contributed by atoms with Crippen molar-refractivity contribution in [2.75, 3.05) is 5.73 Å². The zero-order chi connectivity index (χ0) is 14.7. The van der Waals surface area contributed by atoms with Crippen molar-refractivity contribution in [3.05, 3.63) is 34.3 Å². The van der Waals surface area contributed by atoms with E-state index in [-0.39, 0.29) is 5.82 Å². The molecule has 0 unspecified atom stereocenters. The first-order valence-electron chi connectivity index (χ1n) is 6.88. The van der Waals surface area contributed by atoms with Crippen molar-refractivity contribution >= 4 is 21.7 Å². The van der Waals surface area contributed by atoms with E-state index in [9.17, 15) is 4.39 Å². The largest absolute Gasteiger partial charge is 0.383 e. The highest BCUT2D eigenvalue weighted by Gasteiger charge is 2.16. The summed E-state index contributed by atoms with van der Waals surface area (Å²) >= 11 is 3.16. The Morgan fingerprint density at radius 2 is 2.05 bits per heavy atom. The van der Waals surface area contributed by atoms with Gasteiger partial charge in [0.05, 0.1) is 4.47 Å². The molecule has 0 bridgehead atoms. The number of aromatic nitrogens is 2. The van der Waals surface area contributed by atoms with Crippen LogP contribution in [0.4, 0.5) is 10.2 Å². The van der Waals surface area contributed by atoms with Gasteiger partial charge in [0.2, 0.25) is 0 Å². The predicted molar refractivity (Wildman–Crippen MR) is 84.0 cm³/mol. The molecule has 2 aromatic rings. The smallest absolute Gasteiger partial charge is 0.138 e. The van der Waals surface area contributed by atoms with Gasteiger partial charge in [0, 0.05) is 18.5 Å². The van der Waals surface area contributed by atoms with Crippen molar-refractivity contribution in [1.82, 2.24) is 9.55 Å². The minimum Gasteiger partial charge on any atom is -0.383 e. The standard InChI is InChI=1S/C15H19BrFN3/c1-3-5-13-19-14(15(18)20(13)8-4-2)10-6-7-11(16)12(17)9-10/h6-7,9H,3-5,8,18H2,1-2H3. The molecular formula is C15H19BrFN3. The number of benzene rings is 1. The molecule has 0 saturated heterocycles. The summed E-state index contributed by atoms with van der Waals surface area (Å²) in [7, 11) is 0. The Bertz CT molecular complexity index is 607. The van der Waals surface area contributed by atoms with Crippen molar-refractivity contribution in [2.45, 2.75) is 39.7 Å². The van der Waals surface area contributed by atoms with Crippen molar-refractivity contribution in [3.8, 4) is 11.3 Å². The molecule has 1 aromatic carbocycles. The number of nitrogens with two attached hydrogens (primary N) is 1. The third kappa shape index (κ3) is 2.87. The predicted octanol–water partition coefficient (Wildman–Crippen LogP) is 4.40. The molecule has 2 N–H and O–H groups in total. The molecule has 0 fully saturated rings. The van der Waals surface area contributed by atoms with Gasteiger partial charge in [-0.1, -0.05) is 19.9 Å². The highest BCUT2D eigenvalue weighted by Crippen LogP contribution is 2.29. The normalized spacial score (nSPS) is 11.0. The van der Waals surface area contributed by atoms with Crippen LogP contribution in [0.5, 0.6) is 0 Å². The summed E-state index contributed by atoms with van der Waals surface area (Å²) in [5.74, 6) is 1.30. The fourth-order valence-electron chi connectivity index (χ4n) is 2.26. The van der Waals surface area contributed by atoms with Crippen LogP contribution < -0.4 is 5.73 Å². The molecule has 0 radical (unpaired) electrons. The summed E-state index contributed by atoms with van der Waals surface area (Å²) in [6, 6.07) is 4.98. The molecule has 20 heavy (non-hydrogen) atoms. The van der Waals surface area contributed by atoms with E-state index in [4.69, 9.17) is 5.73 Å². The van der Waals surface area contributed by atoms with Crippen LogP contribution in [-0.4, -0.2) is 9.55 Å². The van der Waals surface area contributed by atoms with E-state index in [2.05, 4.69) is 34.8 Å². The lowest BCUT2D eigenvalue weighted by molar-refractivity contribution is 0.621. The molecule has 0 saturated carbocycles. The van der Waals surface area contributed by atoms with Crippen molar-refractivity contribution < 1.29 is 4.39 Å². The molecule has 2 rings (SSSR count). The fourth-order valence-corrected chi connectivity index (χ4v) is 2.50. The number of hydrogen-bond donors (Lipinski definition) is 1. The quantitative estimate of drug-likeness (QED) is 0.877. The van der Waals surface area contributed by atoms with Crippen LogP contribution in [0.1, 0.15) is 32.5 Å². The Kier molecular flexibility index (Phi) is 4.81. The SMILES string of the molecule is CCCc1nc(-c2ccc(Br)c(F)c2)c(N)n1CCC. The number of hydrogen-bond acceptors (Lipinski definition) is 2. The van der Waals surface area contributed by atoms with Gasteiger partial charge in [0.15, 0.2) is 0 Å². The van der Waals surface area contributed by atoms with Crippen LogP contribution in [0.2, 0.25) is 0 Å². The maximum absolute atomic E-state index is 13.7. The lowest BCUT2D eigenvalue weighted by Gasteiger charge is -2.07. The van der Waals surface area contributed by atoms with Crippen LogP contribution in [-0.2, 0) is 13.0 Å². The summed E-state index contributed by atoms with van der Waals surface area (Å²) in [5, 5.41) is 0. The second kappa shape index (κ2) is 6.39. The zero-order valence-corrected chi connectivity index (χ0v) is 13.4. The van der Waals surface area contributed by atoms with Crippen LogP contribution >= 0.6 is 15.9 Å². The number of imidazole rings is 1. The van der Waals surface area contributed by atoms with Crippen LogP contribution in [0.15, 0.2) is 22.7 Å². The molecule has 0 aliphatic heterocycles. The molecule has 0 aliphatic carbocycles. The number of anilines is 1. The molecule has 0 atom stereocenters. The molecule has 5 heteroatoms. The van der Waals surface area contributed by atoms with Gasteiger partial charge in [0.25, 0.3) is 0 Å². The van der Waals surface area contributed by atoms with E-state index in [0.717, 1.165) is 37.2 Å². The van der Waals surface area contributed by atoms with Gasteiger partial charge in [-0.3, -0.25) is 0 Å². The summed E-state index contributed by atoms with van der Waals surface area (Å²) in [6.45, 7) is 5.06. The first kappa shape index (κ1) is 15.0. The van der Waals surface area contributed by atoms with Crippen molar-refractivity contribution in [2.24, 2.45) is 0 Å². The van der Waals surface area contributed by atoms with Gasteiger partial charge in [-0.25, -0.2) is 9.37 Å². The Morgan fingerprint density at radius 3 is 2.65 bits per heavy atom. The molecule has 0 amide bonds. The third-order valence-electron chi connectivity index (χ3n) is 3.20. The number of rotatable bonds is 5. The van der Waals surface area contributed by atoms with Gasteiger partial charge in [-0.15, -0.1) is 0 Å². The monoisotopic (exact) mass is 339 g/mol. The number of nitrogens with zero attached hydrogens (tertiary/aromatic N) is 2. The lowest BCUT2D eigenvalue weighted by atomic mass is 10.1. The van der Waals surface area contributed by atoms with E-state index in [1.54, 1.807) is 6.07 Å². The second-order valence-corrected chi connectivity index (χ2v) is 5.65. The van der Waals surface area contributed by atoms with Crippen molar-refractivity contribution in [3.63, 3.8) is 0 Å². The Morgan fingerprint density at radius 1 is 1.30 bits per heavy atom. The van der Waals surface area contributed by atoms with E-state index in [1.165, 1.54) is 6.07 Å². The Labute approximate surface area is 127 Å². The number of nitrogen functional groups attached to an aromatic ring is 1. The van der Waals surface area contributed by atoms with Gasteiger partial charge in [0.1, 0.15) is 23.2 Å². The van der Waals surface area contributed by atoms with Gasteiger partial charge in [-0.05, 0) is 40.9 Å². The minimum absolute atomic E-state index is 0.302. The fraction of sp³-hybridized carbons (Fsp3) is 0.400. The van der Waals surface area contributed by atoms with Crippen LogP contribution in [0.25, 0.3) is 11.3 Å². The second-order valence-electron chi connectivity index (χ2n) is 4.79. The zero-order valence-electron chi connectivity index (χ0n) is 11.8. The van der Waals surface area contributed by atoms with E-state index in [1.807, 2.05) is 10.6 Å². The van der Waals surface area contributed by atoms with E-state index >= 15 is 0 Å². The van der Waals surface area contributed by atoms with Gasteiger partial charge >= 0.3 is 0 Å². The molecule has 0 spiro atoms. The van der Waals surface area contributed by atoms with E-state index in [0.29, 0.717) is 16.0 Å². The minimum atomic E-state index is -0.302. The van der Waals surface area contributed by atoms with E-state index < -0.39 is 0 Å². The highest BCUT2D eigenvalue weighted by atomic mass is 79.9. The first-order valence-corrected chi connectivity index (χ1v) is 7.68. The molecule has 108 valence electrons. The average molecular weight is 340 g/mol. The number of aryl methyl sites for hydroxylation is 1. The Hall–Kier alpha value is -1.36. The first-order chi connectivity index (χ1) is 9.58. The van der Waals surface area contributed by atoms with Crippen molar-refractivity contribution in [1.29, 1.82) is 0 Å². The summed E-state index contributed by atoms with van der Waals surface area (Å²) in [6.07, 6.45) is 2.88. The third-order valence-corrected chi connectivity index (χ3v) is 3.84. The summed E-state index contributed by atoms with van der Waals surface area (Å²) < 4.78 is 16.2. The number of halogens is 2. The highest BCUT2D eigenvalue weighted by molar-refractivity contribution is 9.10. The Balaban J connectivity index is 2.50. The lowest BCUT2D eigenvalue weighted by Crippen LogP contribution is -2.06. The van der Waals surface area contributed by atoms with Gasteiger partial charge in [-0.2, -0.15) is 0 Å². The molecule has 1 aromatic heterocycles. The average Bonchev–Trinajstić information content (AvgIpc) is 2.72. The molecule has 3 nitrogen and oxygen atoms in total. The maximum atomic E-state index is 13.7. The van der Waals surface area contributed by atoms with Crippen LogP contribution in [0.3, 0.4) is 0 Å². The summed E-state index contributed by atoms with van der Waals surface area (Å²) in [5.41, 5.74) is 7.60. The topological polar surface area (TPSA) is 43.8 Å². The summed E-state index contributed by atoms with van der Waals surface area (Å²) in [4.78, 5) is 4.62. The van der Waals surface area contributed by atoms with Crippen LogP contribution in [0, 0.1) is 5.82 Å².